The topological polar surface area (TPSA) is 58.6 Å². The number of ether oxygens (including phenoxy) is 1. The molecule has 0 aromatic carbocycles. The van der Waals surface area contributed by atoms with E-state index in [2.05, 4.69) is 0 Å². The third-order valence-electron chi connectivity index (χ3n) is 2.91. The number of nitrogens with one attached hydrogen (secondary N) is 1. The molecule has 0 aliphatic carbocycles. The standard InChI is InChI=1S/C13H21F3N2O3/c1-12(2,3)21-11(20)18-6-4-5-9(18)7-10(19)17-8-13(14,15)16/h9H,4-8H2,1-3H3,(H,17,19)/t9-/m0/s1. The third kappa shape index (κ3) is 6.68. The molecule has 5 nitrogen and oxygen atoms in total. The van der Waals surface area contributed by atoms with Crippen LogP contribution in [0.2, 0.25) is 0 Å². The van der Waals surface area contributed by atoms with Crippen LogP contribution in [0.15, 0.2) is 0 Å². The summed E-state index contributed by atoms with van der Waals surface area (Å²) in [7, 11) is 0. The quantitative estimate of drug-likeness (QED) is 0.871. The summed E-state index contributed by atoms with van der Waals surface area (Å²) < 4.78 is 41.3. The van der Waals surface area contributed by atoms with E-state index in [1.807, 2.05) is 5.32 Å². The van der Waals surface area contributed by atoms with Gasteiger partial charge in [-0.15, -0.1) is 0 Å². The van der Waals surface area contributed by atoms with Crippen molar-refractivity contribution in [3.8, 4) is 0 Å². The van der Waals surface area contributed by atoms with Gasteiger partial charge in [0.2, 0.25) is 5.91 Å². The van der Waals surface area contributed by atoms with Gasteiger partial charge in [0, 0.05) is 19.0 Å². The largest absolute Gasteiger partial charge is 0.444 e. The van der Waals surface area contributed by atoms with E-state index >= 15 is 0 Å². The van der Waals surface area contributed by atoms with Crippen LogP contribution in [0, 0.1) is 0 Å². The first-order valence-electron chi connectivity index (χ1n) is 6.81. The number of amides is 2. The Bertz CT molecular complexity index is 391. The molecule has 0 aromatic heterocycles. The lowest BCUT2D eigenvalue weighted by Gasteiger charge is -2.28. The molecular weight excluding hydrogens is 289 g/mol. The van der Waals surface area contributed by atoms with Gasteiger partial charge in [0.1, 0.15) is 12.1 Å². The molecule has 1 heterocycles. The summed E-state index contributed by atoms with van der Waals surface area (Å²) in [6.45, 7) is 4.28. The second-order valence-corrected chi connectivity index (χ2v) is 6.07. The number of likely N-dealkylation sites (tertiary alicyclic amines) is 1. The van der Waals surface area contributed by atoms with Crippen molar-refractivity contribution in [2.45, 2.75) is 57.9 Å². The molecule has 0 bridgehead atoms. The molecule has 8 heteroatoms. The van der Waals surface area contributed by atoms with Gasteiger partial charge in [0.25, 0.3) is 0 Å². The van der Waals surface area contributed by atoms with Crippen molar-refractivity contribution < 1.29 is 27.5 Å². The van der Waals surface area contributed by atoms with Crippen molar-refractivity contribution >= 4 is 12.0 Å². The smallest absolute Gasteiger partial charge is 0.410 e. The van der Waals surface area contributed by atoms with Crippen LogP contribution in [-0.2, 0) is 9.53 Å². The minimum atomic E-state index is -4.43. The van der Waals surface area contributed by atoms with Gasteiger partial charge in [-0.25, -0.2) is 4.79 Å². The highest BCUT2D eigenvalue weighted by atomic mass is 19.4. The monoisotopic (exact) mass is 310 g/mol. The molecule has 0 aromatic rings. The van der Waals surface area contributed by atoms with E-state index in [1.54, 1.807) is 20.8 Å². The van der Waals surface area contributed by atoms with Gasteiger partial charge in [-0.2, -0.15) is 13.2 Å². The van der Waals surface area contributed by atoms with Crippen molar-refractivity contribution in [2.75, 3.05) is 13.1 Å². The Kier molecular flexibility index (Phi) is 5.47. The van der Waals surface area contributed by atoms with Crippen LogP contribution in [0.3, 0.4) is 0 Å². The molecule has 0 unspecified atom stereocenters. The molecule has 122 valence electrons. The molecular formula is C13H21F3N2O3. The first-order chi connectivity index (χ1) is 9.48. The van der Waals surface area contributed by atoms with Crippen LogP contribution in [0.5, 0.6) is 0 Å². The average Bonchev–Trinajstić information content (AvgIpc) is 2.71. The fraction of sp³-hybridized carbons (Fsp3) is 0.846. The lowest BCUT2D eigenvalue weighted by Crippen LogP contribution is -2.43. The summed E-state index contributed by atoms with van der Waals surface area (Å²) in [5, 5.41) is 1.81. The van der Waals surface area contributed by atoms with Crippen LogP contribution >= 0.6 is 0 Å². The Balaban J connectivity index is 2.50. The zero-order valence-corrected chi connectivity index (χ0v) is 12.4. The van der Waals surface area contributed by atoms with Gasteiger partial charge in [-0.05, 0) is 33.6 Å². The lowest BCUT2D eigenvalue weighted by atomic mass is 10.1. The minimum absolute atomic E-state index is 0.144. The second kappa shape index (κ2) is 6.53. The van der Waals surface area contributed by atoms with Gasteiger partial charge >= 0.3 is 12.3 Å². The number of halogens is 3. The molecule has 1 atom stereocenters. The molecule has 0 radical (unpaired) electrons. The van der Waals surface area contributed by atoms with E-state index in [-0.39, 0.29) is 6.42 Å². The summed E-state index contributed by atoms with van der Waals surface area (Å²) in [6, 6.07) is -0.409. The highest BCUT2D eigenvalue weighted by Crippen LogP contribution is 2.23. The van der Waals surface area contributed by atoms with E-state index in [1.165, 1.54) is 4.90 Å². The van der Waals surface area contributed by atoms with Gasteiger partial charge in [0.15, 0.2) is 0 Å². The molecule has 1 aliphatic heterocycles. The summed E-state index contributed by atoms with van der Waals surface area (Å²) in [5.41, 5.74) is -0.650. The van der Waals surface area contributed by atoms with Gasteiger partial charge < -0.3 is 15.0 Å². The van der Waals surface area contributed by atoms with Crippen LogP contribution in [0.4, 0.5) is 18.0 Å². The lowest BCUT2D eigenvalue weighted by molar-refractivity contribution is -0.139. The Hall–Kier alpha value is -1.47. The number of hydrogen-bond acceptors (Lipinski definition) is 3. The van der Waals surface area contributed by atoms with Gasteiger partial charge in [-0.3, -0.25) is 4.79 Å². The molecule has 1 rings (SSSR count). The SMILES string of the molecule is CC(C)(C)OC(=O)N1CCC[C@H]1CC(=O)NCC(F)(F)F. The van der Waals surface area contributed by atoms with Crippen molar-refractivity contribution in [1.29, 1.82) is 0 Å². The molecule has 1 N–H and O–H groups in total. The van der Waals surface area contributed by atoms with Crippen LogP contribution in [0.1, 0.15) is 40.0 Å². The molecule has 0 saturated carbocycles. The fourth-order valence-electron chi connectivity index (χ4n) is 2.09. The maximum absolute atomic E-state index is 12.0. The minimum Gasteiger partial charge on any atom is -0.444 e. The highest BCUT2D eigenvalue weighted by molar-refractivity contribution is 5.78. The van der Waals surface area contributed by atoms with E-state index < -0.39 is 36.4 Å². The molecule has 1 aliphatic rings. The first kappa shape index (κ1) is 17.6. The third-order valence-corrected chi connectivity index (χ3v) is 2.91. The summed E-state index contributed by atoms with van der Waals surface area (Å²) in [6.07, 6.45) is -3.82. The van der Waals surface area contributed by atoms with E-state index in [4.69, 9.17) is 4.74 Å². The second-order valence-electron chi connectivity index (χ2n) is 6.07. The Morgan fingerprint density at radius 2 is 1.90 bits per heavy atom. The number of alkyl halides is 3. The van der Waals surface area contributed by atoms with Crippen LogP contribution in [-0.4, -0.2) is 47.8 Å². The number of carbonyl (C=O) groups excluding carboxylic acids is 2. The van der Waals surface area contributed by atoms with E-state index in [0.29, 0.717) is 19.4 Å². The Labute approximate surface area is 121 Å². The molecule has 1 saturated heterocycles. The van der Waals surface area contributed by atoms with Crippen molar-refractivity contribution in [3.05, 3.63) is 0 Å². The zero-order chi connectivity index (χ0) is 16.3. The normalized spacial score (nSPS) is 19.5. The maximum Gasteiger partial charge on any atom is 0.410 e. The summed E-state index contributed by atoms with van der Waals surface area (Å²) >= 11 is 0. The van der Waals surface area contributed by atoms with Crippen LogP contribution < -0.4 is 5.32 Å². The van der Waals surface area contributed by atoms with E-state index in [9.17, 15) is 22.8 Å². The predicted molar refractivity (Wildman–Crippen MR) is 69.6 cm³/mol. The molecule has 2 amide bonds. The van der Waals surface area contributed by atoms with Crippen molar-refractivity contribution in [1.82, 2.24) is 10.2 Å². The molecule has 0 spiro atoms. The Morgan fingerprint density at radius 1 is 1.29 bits per heavy atom. The zero-order valence-electron chi connectivity index (χ0n) is 12.4. The summed E-state index contributed by atoms with van der Waals surface area (Å²) in [4.78, 5) is 24.9. The Morgan fingerprint density at radius 3 is 2.43 bits per heavy atom. The molecule has 21 heavy (non-hydrogen) atoms. The van der Waals surface area contributed by atoms with Gasteiger partial charge in [0.05, 0.1) is 0 Å². The van der Waals surface area contributed by atoms with Crippen molar-refractivity contribution in [2.24, 2.45) is 0 Å². The maximum atomic E-state index is 12.0. The van der Waals surface area contributed by atoms with E-state index in [0.717, 1.165) is 0 Å². The van der Waals surface area contributed by atoms with Crippen LogP contribution in [0.25, 0.3) is 0 Å². The molecule has 1 fully saturated rings. The highest BCUT2D eigenvalue weighted by Gasteiger charge is 2.34. The first-order valence-corrected chi connectivity index (χ1v) is 6.81. The number of rotatable bonds is 3. The van der Waals surface area contributed by atoms with Crippen molar-refractivity contribution in [3.63, 3.8) is 0 Å². The number of carbonyl (C=O) groups is 2. The fourth-order valence-corrected chi connectivity index (χ4v) is 2.09. The van der Waals surface area contributed by atoms with Gasteiger partial charge in [-0.1, -0.05) is 0 Å². The average molecular weight is 310 g/mol. The number of hydrogen-bond donors (Lipinski definition) is 1. The predicted octanol–water partition coefficient (Wildman–Crippen LogP) is 2.45. The number of nitrogens with zero attached hydrogens (tertiary/aromatic N) is 1. The summed E-state index contributed by atoms with van der Waals surface area (Å²) in [5.74, 6) is -0.715.